The van der Waals surface area contributed by atoms with Crippen molar-refractivity contribution in [1.82, 2.24) is 0 Å². The smallest absolute Gasteiger partial charge is 0.125 e. The number of phenolic OH excluding ortho intramolecular Hbond substituents is 1. The van der Waals surface area contributed by atoms with E-state index in [1.165, 1.54) is 0 Å². The molecule has 0 saturated heterocycles. The molecule has 5 heteroatoms. The van der Waals surface area contributed by atoms with Crippen LogP contribution in [0.4, 0.5) is 5.69 Å². The molecule has 0 saturated carbocycles. The van der Waals surface area contributed by atoms with E-state index in [-0.39, 0.29) is 11.8 Å². The Morgan fingerprint density at radius 2 is 1.92 bits per heavy atom. The summed E-state index contributed by atoms with van der Waals surface area (Å²) in [4.78, 5) is 1.10. The van der Waals surface area contributed by atoms with Gasteiger partial charge in [0, 0.05) is 32.9 Å². The number of aromatic hydroxyl groups is 1. The molecule has 4 N–H and O–H groups in total. The molecule has 0 radical (unpaired) electrons. The molecule has 0 spiro atoms. The molecule has 1 unspecified atom stereocenters. The summed E-state index contributed by atoms with van der Waals surface area (Å²) >= 11 is 5.20. The molecule has 3 aromatic rings. The van der Waals surface area contributed by atoms with E-state index in [2.05, 4.69) is 33.9 Å². The average molecular weight is 413 g/mol. The number of nitrogens with one attached hydrogen (secondary N) is 1. The monoisotopic (exact) mass is 412 g/mol. The Morgan fingerprint density at radius 1 is 1.20 bits per heavy atom. The van der Waals surface area contributed by atoms with Gasteiger partial charge in [0.15, 0.2) is 0 Å². The van der Waals surface area contributed by atoms with Gasteiger partial charge in [-0.25, -0.2) is 0 Å². The fourth-order valence-corrected chi connectivity index (χ4v) is 4.57. The highest BCUT2D eigenvalue weighted by Gasteiger charge is 2.27. The molecule has 0 bridgehead atoms. The average Bonchev–Trinajstić information content (AvgIpc) is 3.07. The van der Waals surface area contributed by atoms with Crippen LogP contribution in [0.3, 0.4) is 0 Å². The molecule has 0 amide bonds. The highest BCUT2D eigenvalue weighted by molar-refractivity contribution is 9.10. The Morgan fingerprint density at radius 3 is 2.60 bits per heavy atom. The van der Waals surface area contributed by atoms with Crippen molar-refractivity contribution in [3.05, 3.63) is 63.3 Å². The number of anilines is 1. The summed E-state index contributed by atoms with van der Waals surface area (Å²) in [5.41, 5.74) is 12.7. The first-order chi connectivity index (χ1) is 12.0. The second-order valence-electron chi connectivity index (χ2n) is 6.18. The summed E-state index contributed by atoms with van der Waals surface area (Å²) in [7, 11) is 0. The van der Waals surface area contributed by atoms with Gasteiger partial charge in [0.05, 0.1) is 10.6 Å². The van der Waals surface area contributed by atoms with Crippen molar-refractivity contribution in [2.24, 2.45) is 5.73 Å². The predicted octanol–water partition coefficient (Wildman–Crippen LogP) is 5.97. The molecule has 25 heavy (non-hydrogen) atoms. The predicted molar refractivity (Wildman–Crippen MR) is 110 cm³/mol. The minimum Gasteiger partial charge on any atom is -0.507 e. The number of hydrogen-bond donors (Lipinski definition) is 3. The van der Waals surface area contributed by atoms with Crippen molar-refractivity contribution >= 4 is 38.7 Å². The number of rotatable bonds is 2. The van der Waals surface area contributed by atoms with Crippen LogP contribution < -0.4 is 11.1 Å². The molecule has 2 heterocycles. The first-order valence-electron chi connectivity index (χ1n) is 7.93. The SMILES string of the molecule is C=C1Nc2c(Br)cc(O)c(-c3ccc(C(C)N)cc3)c2-c2ccsc21. The summed E-state index contributed by atoms with van der Waals surface area (Å²) in [6.07, 6.45) is 0. The lowest BCUT2D eigenvalue weighted by atomic mass is 9.89. The summed E-state index contributed by atoms with van der Waals surface area (Å²) in [5.74, 6) is 0.241. The number of fused-ring (bicyclic) bond motifs is 3. The van der Waals surface area contributed by atoms with Gasteiger partial charge in [-0.3, -0.25) is 0 Å². The van der Waals surface area contributed by atoms with Gasteiger partial charge >= 0.3 is 0 Å². The van der Waals surface area contributed by atoms with Crippen molar-refractivity contribution in [3.8, 4) is 28.0 Å². The molecule has 0 aliphatic carbocycles. The van der Waals surface area contributed by atoms with Crippen molar-refractivity contribution in [3.63, 3.8) is 0 Å². The molecule has 3 nitrogen and oxygen atoms in total. The van der Waals surface area contributed by atoms with Crippen LogP contribution in [-0.2, 0) is 0 Å². The first-order valence-corrected chi connectivity index (χ1v) is 9.60. The van der Waals surface area contributed by atoms with E-state index < -0.39 is 0 Å². The van der Waals surface area contributed by atoms with E-state index in [1.54, 1.807) is 17.4 Å². The lowest BCUT2D eigenvalue weighted by Gasteiger charge is -2.25. The zero-order chi connectivity index (χ0) is 17.7. The Balaban J connectivity index is 1.99. The molecule has 1 aliphatic heterocycles. The second-order valence-corrected chi connectivity index (χ2v) is 7.95. The third kappa shape index (κ3) is 2.59. The highest BCUT2D eigenvalue weighted by Crippen LogP contribution is 2.52. The standard InChI is InChI=1S/C20H17BrN2OS/c1-10(22)12-3-5-13(6-4-12)17-16(24)9-15(21)19-18(17)14-7-8-25-20(14)11(2)23-19/h3-10,23-24H,2,22H2,1H3. The first kappa shape index (κ1) is 16.4. The minimum absolute atomic E-state index is 0.0186. The van der Waals surface area contributed by atoms with Gasteiger partial charge in [0.1, 0.15) is 5.75 Å². The Kier molecular flexibility index (Phi) is 3.95. The van der Waals surface area contributed by atoms with E-state index in [9.17, 15) is 5.11 Å². The summed E-state index contributed by atoms with van der Waals surface area (Å²) < 4.78 is 0.814. The minimum atomic E-state index is -0.0186. The maximum absolute atomic E-state index is 10.7. The number of hydrogen-bond acceptors (Lipinski definition) is 4. The molecule has 0 fully saturated rings. The Bertz CT molecular complexity index is 990. The summed E-state index contributed by atoms with van der Waals surface area (Å²) in [5, 5.41) is 16.1. The van der Waals surface area contributed by atoms with E-state index in [0.29, 0.717) is 0 Å². The van der Waals surface area contributed by atoms with Crippen molar-refractivity contribution in [1.29, 1.82) is 0 Å². The van der Waals surface area contributed by atoms with Gasteiger partial charge < -0.3 is 16.2 Å². The third-order valence-electron chi connectivity index (χ3n) is 4.47. The van der Waals surface area contributed by atoms with Gasteiger partial charge in [-0.2, -0.15) is 0 Å². The van der Waals surface area contributed by atoms with Gasteiger partial charge in [0.2, 0.25) is 0 Å². The number of halogens is 1. The quantitative estimate of drug-likeness (QED) is 0.454. The molecule has 1 atom stereocenters. The number of phenols is 1. The lowest BCUT2D eigenvalue weighted by molar-refractivity contribution is 0.477. The van der Waals surface area contributed by atoms with Crippen LogP contribution in [0.25, 0.3) is 28.0 Å². The van der Waals surface area contributed by atoms with Gasteiger partial charge in [-0.05, 0) is 51.5 Å². The van der Waals surface area contributed by atoms with Gasteiger partial charge in [-0.1, -0.05) is 30.8 Å². The van der Waals surface area contributed by atoms with Crippen molar-refractivity contribution in [2.75, 3.05) is 5.32 Å². The summed E-state index contributed by atoms with van der Waals surface area (Å²) in [6, 6.07) is 11.8. The van der Waals surface area contributed by atoms with Crippen LogP contribution in [0.5, 0.6) is 5.75 Å². The second kappa shape index (κ2) is 6.02. The number of benzene rings is 2. The van der Waals surface area contributed by atoms with Crippen LogP contribution in [0.15, 0.2) is 52.8 Å². The molecule has 2 aromatic carbocycles. The maximum Gasteiger partial charge on any atom is 0.125 e. The van der Waals surface area contributed by atoms with Crippen LogP contribution in [-0.4, -0.2) is 5.11 Å². The molecule has 1 aromatic heterocycles. The molecular weight excluding hydrogens is 396 g/mol. The molecule has 1 aliphatic rings. The Labute approximate surface area is 159 Å². The van der Waals surface area contributed by atoms with Crippen LogP contribution in [0.1, 0.15) is 23.4 Å². The number of nitrogens with two attached hydrogens (primary N) is 1. The molecule has 126 valence electrons. The largest absolute Gasteiger partial charge is 0.507 e. The van der Waals surface area contributed by atoms with Crippen molar-refractivity contribution < 1.29 is 5.11 Å². The lowest BCUT2D eigenvalue weighted by Crippen LogP contribution is -2.07. The van der Waals surface area contributed by atoms with E-state index in [4.69, 9.17) is 5.73 Å². The zero-order valence-corrected chi connectivity index (χ0v) is 16.0. The summed E-state index contributed by atoms with van der Waals surface area (Å²) in [6.45, 7) is 6.09. The van der Waals surface area contributed by atoms with Crippen LogP contribution in [0.2, 0.25) is 0 Å². The number of thiophene rings is 1. The van der Waals surface area contributed by atoms with Gasteiger partial charge in [-0.15, -0.1) is 11.3 Å². The molecule has 4 rings (SSSR count). The normalized spacial score (nSPS) is 13.8. The maximum atomic E-state index is 10.7. The van der Waals surface area contributed by atoms with E-state index in [1.807, 2.05) is 36.6 Å². The van der Waals surface area contributed by atoms with Crippen LogP contribution >= 0.6 is 27.3 Å². The highest BCUT2D eigenvalue weighted by atomic mass is 79.9. The molecular formula is C20H17BrN2OS. The van der Waals surface area contributed by atoms with E-state index >= 15 is 0 Å². The topological polar surface area (TPSA) is 58.3 Å². The zero-order valence-electron chi connectivity index (χ0n) is 13.6. The van der Waals surface area contributed by atoms with Crippen LogP contribution in [0, 0.1) is 0 Å². The van der Waals surface area contributed by atoms with Crippen molar-refractivity contribution in [2.45, 2.75) is 13.0 Å². The fourth-order valence-electron chi connectivity index (χ4n) is 3.22. The third-order valence-corrected chi connectivity index (χ3v) is 6.07. The Hall–Kier alpha value is -2.08. The van der Waals surface area contributed by atoms with Gasteiger partial charge in [0.25, 0.3) is 0 Å². The fraction of sp³-hybridized carbons (Fsp3) is 0.100. The van der Waals surface area contributed by atoms with E-state index in [0.717, 1.165) is 48.6 Å².